The Hall–Kier alpha value is -0.680. The number of carboxylic acids is 1. The fraction of sp³-hybridized carbons (Fsp3) is 0.500. The quantitative estimate of drug-likeness (QED) is 0.569. The van der Waals surface area contributed by atoms with Crippen molar-refractivity contribution in [1.29, 1.82) is 0 Å². The second-order valence-electron chi connectivity index (χ2n) is 1.36. The van der Waals surface area contributed by atoms with Gasteiger partial charge in [-0.1, -0.05) is 12.8 Å². The molecule has 0 aromatic rings. The van der Waals surface area contributed by atoms with Crippen molar-refractivity contribution in [2.45, 2.75) is 19.8 Å². The van der Waals surface area contributed by atoms with Crippen molar-refractivity contribution in [3.8, 4) is 11.8 Å². The van der Waals surface area contributed by atoms with Crippen LogP contribution in [0.1, 0.15) is 19.8 Å². The summed E-state index contributed by atoms with van der Waals surface area (Å²) in [4.78, 5) is 9.70. The Labute approximate surface area is 60.7 Å². The summed E-state index contributed by atoms with van der Waals surface area (Å²) in [5.74, 6) is 3.45. The van der Waals surface area contributed by atoms with Crippen molar-refractivity contribution in [3.63, 3.8) is 0 Å². The predicted molar refractivity (Wildman–Crippen MR) is 37.6 cm³/mol. The van der Waals surface area contributed by atoms with Crippen molar-refractivity contribution in [2.24, 2.45) is 0 Å². The van der Waals surface area contributed by atoms with E-state index in [1.807, 2.05) is 12.8 Å². The van der Waals surface area contributed by atoms with Crippen LogP contribution in [0, 0.1) is 11.8 Å². The Kier molecular flexibility index (Phi) is 9.08. The van der Waals surface area contributed by atoms with Gasteiger partial charge in [-0.15, -0.1) is 12.4 Å². The number of carboxylic acid groups (broad SMARTS) is 1. The van der Waals surface area contributed by atoms with Gasteiger partial charge in [0.1, 0.15) is 0 Å². The number of rotatable bonds is 1. The van der Waals surface area contributed by atoms with E-state index in [0.717, 1.165) is 6.42 Å². The van der Waals surface area contributed by atoms with Gasteiger partial charge in [0.05, 0.1) is 0 Å². The number of unbranched alkanes of at least 4 members (excludes halogenated alkanes) is 1. The highest BCUT2D eigenvalue weighted by Gasteiger charge is 1.79. The van der Waals surface area contributed by atoms with Crippen LogP contribution in [0.5, 0.6) is 0 Å². The molecule has 0 aliphatic heterocycles. The van der Waals surface area contributed by atoms with Crippen LogP contribution in [0.3, 0.4) is 0 Å². The maximum Gasteiger partial charge on any atom is 0.381 e. The highest BCUT2D eigenvalue weighted by Crippen LogP contribution is 1.79. The van der Waals surface area contributed by atoms with E-state index >= 15 is 0 Å². The average molecular weight is 149 g/mol. The van der Waals surface area contributed by atoms with Crippen LogP contribution in [0.25, 0.3) is 0 Å². The third kappa shape index (κ3) is 11.1. The first-order valence-electron chi connectivity index (χ1n) is 2.49. The minimum absolute atomic E-state index is 0. The summed E-state index contributed by atoms with van der Waals surface area (Å²) < 4.78 is 0. The molecule has 0 unspecified atom stereocenters. The van der Waals surface area contributed by atoms with Gasteiger partial charge >= 0.3 is 5.97 Å². The van der Waals surface area contributed by atoms with Crippen LogP contribution in [-0.4, -0.2) is 11.1 Å². The molecule has 0 saturated heterocycles. The molecule has 0 fully saturated rings. The fourth-order valence-corrected chi connectivity index (χ4v) is 0.263. The minimum Gasteiger partial charge on any atom is -0.472 e. The van der Waals surface area contributed by atoms with Crippen LogP contribution in [0.2, 0.25) is 0 Å². The van der Waals surface area contributed by atoms with Gasteiger partial charge in [0, 0.05) is 12.3 Å². The van der Waals surface area contributed by atoms with Crippen LogP contribution in [0.15, 0.2) is 0 Å². The first-order valence-corrected chi connectivity index (χ1v) is 2.49. The summed E-state index contributed by atoms with van der Waals surface area (Å²) in [5, 5.41) is 7.97. The van der Waals surface area contributed by atoms with E-state index in [1.54, 1.807) is 0 Å². The summed E-state index contributed by atoms with van der Waals surface area (Å²) >= 11 is 0. The molecule has 0 radical (unpaired) electrons. The fourth-order valence-electron chi connectivity index (χ4n) is 0.263. The molecule has 3 heteroatoms. The lowest BCUT2D eigenvalue weighted by Gasteiger charge is -1.74. The molecular formula is C6H9ClO2. The van der Waals surface area contributed by atoms with E-state index in [-0.39, 0.29) is 12.4 Å². The van der Waals surface area contributed by atoms with Gasteiger partial charge < -0.3 is 5.11 Å². The average Bonchev–Trinajstić information content (AvgIpc) is 1.66. The molecule has 1 N–H and O–H groups in total. The maximum absolute atomic E-state index is 9.70. The summed E-state index contributed by atoms with van der Waals surface area (Å²) in [7, 11) is 0. The van der Waals surface area contributed by atoms with Gasteiger partial charge in [-0.2, -0.15) is 0 Å². The van der Waals surface area contributed by atoms with E-state index in [0.29, 0.717) is 6.42 Å². The molecular weight excluding hydrogens is 140 g/mol. The monoisotopic (exact) mass is 148 g/mol. The third-order valence-electron chi connectivity index (χ3n) is 0.570. The molecule has 0 aromatic heterocycles. The van der Waals surface area contributed by atoms with Crippen molar-refractivity contribution < 1.29 is 9.90 Å². The molecule has 9 heavy (non-hydrogen) atoms. The number of aliphatic carboxylic acids is 1. The molecule has 0 spiro atoms. The van der Waals surface area contributed by atoms with Crippen LogP contribution in [0.4, 0.5) is 0 Å². The summed E-state index contributed by atoms with van der Waals surface area (Å²) in [6.07, 6.45) is 1.59. The summed E-state index contributed by atoms with van der Waals surface area (Å²) in [5.41, 5.74) is 0. The Morgan fingerprint density at radius 2 is 2.22 bits per heavy atom. The van der Waals surface area contributed by atoms with Crippen LogP contribution >= 0.6 is 12.4 Å². The van der Waals surface area contributed by atoms with Gasteiger partial charge in [0.2, 0.25) is 0 Å². The normalized spacial score (nSPS) is 6.33. The zero-order valence-electron chi connectivity index (χ0n) is 5.18. The van der Waals surface area contributed by atoms with Gasteiger partial charge in [-0.05, 0) is 6.42 Å². The van der Waals surface area contributed by atoms with Gasteiger partial charge in [0.25, 0.3) is 0 Å². The molecule has 0 saturated carbocycles. The number of halogens is 1. The Balaban J connectivity index is 0. The lowest BCUT2D eigenvalue weighted by atomic mass is 10.3. The molecule has 0 amide bonds. The van der Waals surface area contributed by atoms with Gasteiger partial charge in [0.15, 0.2) is 0 Å². The minimum atomic E-state index is -1.04. The van der Waals surface area contributed by atoms with Gasteiger partial charge in [-0.3, -0.25) is 0 Å². The standard InChI is InChI=1S/C6H8O2.ClH/c1-2-3-4-5-6(7)8;/h2-3H2,1H3,(H,7,8);1H. The van der Waals surface area contributed by atoms with Crippen molar-refractivity contribution in [1.82, 2.24) is 0 Å². The van der Waals surface area contributed by atoms with Crippen LogP contribution < -0.4 is 0 Å². The smallest absolute Gasteiger partial charge is 0.381 e. The Bertz CT molecular complexity index is 132. The summed E-state index contributed by atoms with van der Waals surface area (Å²) in [6, 6.07) is 0. The molecule has 0 heterocycles. The molecule has 0 aliphatic rings. The van der Waals surface area contributed by atoms with E-state index in [4.69, 9.17) is 5.11 Å². The van der Waals surface area contributed by atoms with E-state index < -0.39 is 5.97 Å². The highest BCUT2D eigenvalue weighted by atomic mass is 35.5. The van der Waals surface area contributed by atoms with Crippen LogP contribution in [-0.2, 0) is 4.79 Å². The molecule has 52 valence electrons. The lowest BCUT2D eigenvalue weighted by Crippen LogP contribution is -1.85. The molecule has 0 bridgehead atoms. The SMILES string of the molecule is CCCC#CC(=O)O.Cl. The zero-order valence-corrected chi connectivity index (χ0v) is 5.99. The topological polar surface area (TPSA) is 37.3 Å². The second kappa shape index (κ2) is 7.32. The van der Waals surface area contributed by atoms with Crippen molar-refractivity contribution >= 4 is 18.4 Å². The Morgan fingerprint density at radius 1 is 1.67 bits per heavy atom. The first-order chi connectivity index (χ1) is 3.77. The lowest BCUT2D eigenvalue weighted by molar-refractivity contribution is -0.130. The highest BCUT2D eigenvalue weighted by molar-refractivity contribution is 5.86. The Morgan fingerprint density at radius 3 is 2.56 bits per heavy atom. The number of hydrogen-bond donors (Lipinski definition) is 1. The van der Waals surface area contributed by atoms with E-state index in [1.165, 1.54) is 0 Å². The van der Waals surface area contributed by atoms with Gasteiger partial charge in [-0.25, -0.2) is 4.79 Å². The van der Waals surface area contributed by atoms with Crippen molar-refractivity contribution in [2.75, 3.05) is 0 Å². The molecule has 0 aliphatic carbocycles. The largest absolute Gasteiger partial charge is 0.472 e. The molecule has 0 atom stereocenters. The third-order valence-corrected chi connectivity index (χ3v) is 0.570. The maximum atomic E-state index is 9.70. The molecule has 0 aromatic carbocycles. The zero-order chi connectivity index (χ0) is 6.41. The first kappa shape index (κ1) is 11.2. The van der Waals surface area contributed by atoms with E-state index in [9.17, 15) is 4.79 Å². The molecule has 2 nitrogen and oxygen atoms in total. The predicted octanol–water partition coefficient (Wildman–Crippen LogP) is 1.30. The molecule has 0 rings (SSSR count). The van der Waals surface area contributed by atoms with Crippen molar-refractivity contribution in [3.05, 3.63) is 0 Å². The number of carbonyl (C=O) groups is 1. The second-order valence-corrected chi connectivity index (χ2v) is 1.36. The summed E-state index contributed by atoms with van der Waals surface area (Å²) in [6.45, 7) is 1.95. The van der Waals surface area contributed by atoms with E-state index in [2.05, 4.69) is 5.92 Å². The number of hydrogen-bond acceptors (Lipinski definition) is 1.